The van der Waals surface area contributed by atoms with E-state index in [1.165, 1.54) is 6.07 Å². The number of aliphatic hydroxyl groups excluding tert-OH is 1. The smallest absolute Gasteiger partial charge is 0.265 e. The molecule has 8 heteroatoms. The zero-order chi connectivity index (χ0) is 11.4. The maximum atomic E-state index is 11.9. The van der Waals surface area contributed by atoms with Gasteiger partial charge in [0, 0.05) is 12.6 Å². The van der Waals surface area contributed by atoms with E-state index in [2.05, 4.69) is 15.5 Å². The summed E-state index contributed by atoms with van der Waals surface area (Å²) in [4.78, 5) is 0. The topological polar surface area (TPSA) is 58.0 Å². The van der Waals surface area contributed by atoms with E-state index in [9.17, 15) is 8.78 Å². The molecule has 15 heavy (non-hydrogen) atoms. The Balaban J connectivity index is 2.61. The molecule has 0 aliphatic rings. The molecule has 0 radical (unpaired) electrons. The molecule has 0 saturated heterocycles. The minimum absolute atomic E-state index is 0.000802. The summed E-state index contributed by atoms with van der Waals surface area (Å²) in [5.41, 5.74) is 0.247. The summed E-state index contributed by atoms with van der Waals surface area (Å²) in [5, 5.41) is 18.3. The van der Waals surface area contributed by atoms with Crippen molar-refractivity contribution >= 4 is 28.9 Å². The monoisotopic (exact) mass is 257 g/mol. The van der Waals surface area contributed by atoms with Crippen molar-refractivity contribution in [3.05, 3.63) is 16.4 Å². The van der Waals surface area contributed by atoms with Crippen LogP contribution < -0.4 is 5.32 Å². The number of aliphatic hydroxyl groups is 1. The van der Waals surface area contributed by atoms with Crippen molar-refractivity contribution < 1.29 is 13.9 Å². The summed E-state index contributed by atoms with van der Waals surface area (Å²) in [6.45, 7) is -0.348. The van der Waals surface area contributed by atoms with Crippen molar-refractivity contribution in [2.45, 2.75) is 12.5 Å². The molecule has 0 bridgehead atoms. The molecule has 4 nitrogen and oxygen atoms in total. The molecule has 84 valence electrons. The molecule has 1 unspecified atom stereocenters. The van der Waals surface area contributed by atoms with E-state index in [0.717, 1.165) is 0 Å². The van der Waals surface area contributed by atoms with Crippen LogP contribution in [0.1, 0.15) is 0 Å². The van der Waals surface area contributed by atoms with Crippen LogP contribution in [0.3, 0.4) is 0 Å². The van der Waals surface area contributed by atoms with Crippen LogP contribution in [0, 0.1) is 0 Å². The molecule has 1 heterocycles. The number of alkyl halides is 2. The molecule has 1 atom stereocenters. The van der Waals surface area contributed by atoms with Crippen LogP contribution >= 0.6 is 23.2 Å². The number of nitrogens with one attached hydrogen (secondary N) is 1. The van der Waals surface area contributed by atoms with E-state index in [4.69, 9.17) is 28.3 Å². The Bertz CT molecular complexity index is 340. The second kappa shape index (κ2) is 5.39. The lowest BCUT2D eigenvalue weighted by molar-refractivity contribution is 0.00384. The lowest BCUT2D eigenvalue weighted by Crippen LogP contribution is -2.26. The average molecular weight is 258 g/mol. The van der Waals surface area contributed by atoms with Gasteiger partial charge in [0.1, 0.15) is 6.10 Å². The predicted octanol–water partition coefficient (Wildman–Crippen LogP) is 1.82. The highest BCUT2D eigenvalue weighted by Gasteiger charge is 2.16. The Labute approximate surface area is 94.2 Å². The van der Waals surface area contributed by atoms with Crippen LogP contribution in [-0.2, 0) is 0 Å². The van der Waals surface area contributed by atoms with Gasteiger partial charge in [0.15, 0.2) is 10.3 Å². The van der Waals surface area contributed by atoms with Crippen molar-refractivity contribution in [2.75, 3.05) is 11.9 Å². The lowest BCUT2D eigenvalue weighted by atomic mass is 10.3. The van der Waals surface area contributed by atoms with Gasteiger partial charge in [-0.3, -0.25) is 0 Å². The van der Waals surface area contributed by atoms with Gasteiger partial charge in [-0.15, -0.1) is 10.2 Å². The Morgan fingerprint density at radius 1 is 1.40 bits per heavy atom. The Morgan fingerprint density at radius 2 is 2.07 bits per heavy atom. The van der Waals surface area contributed by atoms with Gasteiger partial charge >= 0.3 is 0 Å². The summed E-state index contributed by atoms with van der Waals surface area (Å²) in [6.07, 6.45) is -4.59. The standard InChI is InChI=1S/C7H7Cl2F2N3O/c8-5-1-3(6(9)14-13-5)12-2-4(15)7(10)11/h1,4,7,15H,2H2,(H,12,13). The molecular weight excluding hydrogens is 251 g/mol. The van der Waals surface area contributed by atoms with Crippen LogP contribution in [0.25, 0.3) is 0 Å². The molecule has 0 aliphatic heterocycles. The molecule has 0 spiro atoms. The summed E-state index contributed by atoms with van der Waals surface area (Å²) in [7, 11) is 0. The van der Waals surface area contributed by atoms with Gasteiger partial charge in [-0.1, -0.05) is 23.2 Å². The Morgan fingerprint density at radius 3 is 2.67 bits per heavy atom. The minimum Gasteiger partial charge on any atom is -0.385 e. The number of anilines is 1. The molecule has 0 fully saturated rings. The van der Waals surface area contributed by atoms with E-state index < -0.39 is 12.5 Å². The fourth-order valence-electron chi connectivity index (χ4n) is 0.781. The Kier molecular flexibility index (Phi) is 4.44. The second-order valence-corrected chi connectivity index (χ2v) is 3.40. The summed E-state index contributed by atoms with van der Waals surface area (Å²) in [6, 6.07) is 1.33. The Hall–Kier alpha value is -0.720. The first-order valence-electron chi connectivity index (χ1n) is 3.89. The number of halogens is 4. The van der Waals surface area contributed by atoms with Gasteiger partial charge in [-0.25, -0.2) is 8.78 Å². The molecule has 1 aromatic rings. The third-order valence-corrected chi connectivity index (χ3v) is 1.98. The molecule has 2 N–H and O–H groups in total. The molecule has 0 amide bonds. The largest absolute Gasteiger partial charge is 0.385 e. The van der Waals surface area contributed by atoms with Crippen molar-refractivity contribution in [1.82, 2.24) is 10.2 Å². The molecule has 0 aromatic carbocycles. The van der Waals surface area contributed by atoms with E-state index in [1.54, 1.807) is 0 Å². The van der Waals surface area contributed by atoms with Gasteiger partial charge in [-0.05, 0) is 0 Å². The number of hydrogen-bond donors (Lipinski definition) is 2. The summed E-state index contributed by atoms with van der Waals surface area (Å²) < 4.78 is 23.9. The second-order valence-electron chi connectivity index (χ2n) is 2.65. The van der Waals surface area contributed by atoms with Gasteiger partial charge < -0.3 is 10.4 Å². The summed E-state index contributed by atoms with van der Waals surface area (Å²) >= 11 is 11.1. The van der Waals surface area contributed by atoms with Crippen LogP contribution in [0.4, 0.5) is 14.5 Å². The normalized spacial score (nSPS) is 12.9. The van der Waals surface area contributed by atoms with E-state index in [0.29, 0.717) is 0 Å². The highest BCUT2D eigenvalue weighted by atomic mass is 35.5. The fourth-order valence-corrected chi connectivity index (χ4v) is 1.09. The maximum Gasteiger partial charge on any atom is 0.265 e. The van der Waals surface area contributed by atoms with Crippen molar-refractivity contribution in [2.24, 2.45) is 0 Å². The zero-order valence-corrected chi connectivity index (χ0v) is 8.80. The third kappa shape index (κ3) is 3.73. The number of hydrogen-bond acceptors (Lipinski definition) is 4. The van der Waals surface area contributed by atoms with Crippen LogP contribution in [-0.4, -0.2) is 34.4 Å². The van der Waals surface area contributed by atoms with Crippen molar-refractivity contribution in [1.29, 1.82) is 0 Å². The molecule has 0 saturated carbocycles. The average Bonchev–Trinajstić information content (AvgIpc) is 2.18. The zero-order valence-electron chi connectivity index (χ0n) is 7.29. The van der Waals surface area contributed by atoms with Gasteiger partial charge in [-0.2, -0.15) is 0 Å². The third-order valence-electron chi connectivity index (χ3n) is 1.51. The fraction of sp³-hybridized carbons (Fsp3) is 0.429. The van der Waals surface area contributed by atoms with Crippen LogP contribution in [0.15, 0.2) is 6.07 Å². The molecular formula is C7H7Cl2F2N3O. The molecule has 1 rings (SSSR count). The lowest BCUT2D eigenvalue weighted by Gasteiger charge is -2.11. The molecule has 1 aromatic heterocycles. The number of aromatic nitrogens is 2. The number of rotatable bonds is 4. The van der Waals surface area contributed by atoms with E-state index in [-0.39, 0.29) is 22.5 Å². The maximum absolute atomic E-state index is 11.9. The first-order valence-corrected chi connectivity index (χ1v) is 4.65. The first kappa shape index (κ1) is 12.4. The van der Waals surface area contributed by atoms with Crippen molar-refractivity contribution in [3.8, 4) is 0 Å². The first-order chi connectivity index (χ1) is 7.00. The van der Waals surface area contributed by atoms with E-state index >= 15 is 0 Å². The quantitative estimate of drug-likeness (QED) is 0.864. The van der Waals surface area contributed by atoms with Crippen LogP contribution in [0.5, 0.6) is 0 Å². The SMILES string of the molecule is OC(CNc1cc(Cl)nnc1Cl)C(F)F. The highest BCUT2D eigenvalue weighted by molar-refractivity contribution is 6.33. The predicted molar refractivity (Wildman–Crippen MR) is 52.6 cm³/mol. The van der Waals surface area contributed by atoms with Crippen molar-refractivity contribution in [3.63, 3.8) is 0 Å². The van der Waals surface area contributed by atoms with Gasteiger partial charge in [0.25, 0.3) is 6.43 Å². The van der Waals surface area contributed by atoms with Gasteiger partial charge in [0.2, 0.25) is 0 Å². The highest BCUT2D eigenvalue weighted by Crippen LogP contribution is 2.20. The molecule has 0 aliphatic carbocycles. The van der Waals surface area contributed by atoms with Crippen LogP contribution in [0.2, 0.25) is 10.3 Å². The van der Waals surface area contributed by atoms with Gasteiger partial charge in [0.05, 0.1) is 5.69 Å². The minimum atomic E-state index is -2.82. The summed E-state index contributed by atoms with van der Waals surface area (Å²) in [5.74, 6) is 0. The number of nitrogens with zero attached hydrogens (tertiary/aromatic N) is 2. The van der Waals surface area contributed by atoms with E-state index in [1.807, 2.05) is 0 Å².